The monoisotopic (exact) mass is 378 g/mol. The highest BCUT2D eigenvalue weighted by atomic mass is 32.1. The summed E-state index contributed by atoms with van der Waals surface area (Å²) >= 11 is 1.32. The van der Waals surface area contributed by atoms with E-state index in [9.17, 15) is 9.18 Å². The van der Waals surface area contributed by atoms with Crippen LogP contribution in [0.3, 0.4) is 0 Å². The van der Waals surface area contributed by atoms with Crippen LogP contribution in [-0.4, -0.2) is 20.9 Å². The molecular formula is C20H15FN4OS. The van der Waals surface area contributed by atoms with Gasteiger partial charge >= 0.3 is 0 Å². The van der Waals surface area contributed by atoms with Gasteiger partial charge in [-0.1, -0.05) is 23.8 Å². The first-order valence-electron chi connectivity index (χ1n) is 8.26. The predicted molar refractivity (Wildman–Crippen MR) is 104 cm³/mol. The van der Waals surface area contributed by atoms with Gasteiger partial charge in [0.2, 0.25) is 0 Å². The first-order chi connectivity index (χ1) is 13.0. The second-order valence-electron chi connectivity index (χ2n) is 6.19. The molecule has 1 N–H and O–H groups in total. The second-order valence-corrected chi connectivity index (χ2v) is 7.05. The summed E-state index contributed by atoms with van der Waals surface area (Å²) in [7, 11) is 0. The molecule has 0 atom stereocenters. The van der Waals surface area contributed by atoms with Gasteiger partial charge in [-0.05, 0) is 25.5 Å². The zero-order chi connectivity index (χ0) is 19.0. The Morgan fingerprint density at radius 2 is 1.93 bits per heavy atom. The molecule has 0 saturated carbocycles. The number of halogens is 1. The number of carbonyl (C=O) groups is 1. The molecule has 0 spiro atoms. The van der Waals surface area contributed by atoms with Crippen molar-refractivity contribution in [3.05, 3.63) is 70.6 Å². The smallest absolute Gasteiger partial charge is 0.259 e. The number of amides is 1. The number of aryl methyl sites for hydroxylation is 2. The molecule has 27 heavy (non-hydrogen) atoms. The van der Waals surface area contributed by atoms with Crippen LogP contribution in [0.5, 0.6) is 0 Å². The molecule has 2 aromatic heterocycles. The average molecular weight is 378 g/mol. The zero-order valence-corrected chi connectivity index (χ0v) is 15.5. The number of anilines is 1. The lowest BCUT2D eigenvalue weighted by Gasteiger charge is -2.06. The van der Waals surface area contributed by atoms with Crippen LogP contribution in [-0.2, 0) is 0 Å². The van der Waals surface area contributed by atoms with Gasteiger partial charge in [0.05, 0.1) is 16.8 Å². The molecule has 0 aliphatic carbocycles. The van der Waals surface area contributed by atoms with Gasteiger partial charge in [0, 0.05) is 29.4 Å². The summed E-state index contributed by atoms with van der Waals surface area (Å²) in [6.45, 7) is 4.06. The minimum Gasteiger partial charge on any atom is -0.298 e. The Kier molecular flexibility index (Phi) is 4.37. The van der Waals surface area contributed by atoms with E-state index >= 15 is 0 Å². The highest BCUT2D eigenvalue weighted by molar-refractivity contribution is 7.14. The Morgan fingerprint density at radius 3 is 2.74 bits per heavy atom. The number of carbonyl (C=O) groups excluding carboxylic acids is 1. The highest BCUT2D eigenvalue weighted by Crippen LogP contribution is 2.28. The van der Waals surface area contributed by atoms with Crippen molar-refractivity contribution in [2.24, 2.45) is 0 Å². The normalized spacial score (nSPS) is 10.9. The van der Waals surface area contributed by atoms with E-state index in [2.05, 4.69) is 26.3 Å². The minimum absolute atomic E-state index is 0.126. The highest BCUT2D eigenvalue weighted by Gasteiger charge is 2.16. The van der Waals surface area contributed by atoms with Gasteiger partial charge in [-0.3, -0.25) is 20.1 Å². The van der Waals surface area contributed by atoms with Crippen LogP contribution in [0.4, 0.5) is 9.52 Å². The fourth-order valence-corrected chi connectivity index (χ4v) is 3.64. The van der Waals surface area contributed by atoms with Crippen molar-refractivity contribution < 1.29 is 9.18 Å². The number of rotatable bonds is 3. The van der Waals surface area contributed by atoms with Crippen molar-refractivity contribution in [3.8, 4) is 11.3 Å². The Balaban J connectivity index is 1.64. The Bertz CT molecular complexity index is 1170. The summed E-state index contributed by atoms with van der Waals surface area (Å²) in [5.41, 5.74) is 4.90. The van der Waals surface area contributed by atoms with Gasteiger partial charge in [0.15, 0.2) is 5.13 Å². The van der Waals surface area contributed by atoms with Crippen LogP contribution in [0.2, 0.25) is 0 Å². The Morgan fingerprint density at radius 1 is 1.11 bits per heavy atom. The van der Waals surface area contributed by atoms with Crippen LogP contribution < -0.4 is 5.32 Å². The maximum absolute atomic E-state index is 13.8. The van der Waals surface area contributed by atoms with Crippen molar-refractivity contribution in [2.75, 3.05) is 5.32 Å². The predicted octanol–water partition coefficient (Wildman–Crippen LogP) is 4.76. The van der Waals surface area contributed by atoms with Gasteiger partial charge in [-0.25, -0.2) is 9.37 Å². The summed E-state index contributed by atoms with van der Waals surface area (Å²) in [5.74, 6) is -1.01. The van der Waals surface area contributed by atoms with Crippen LogP contribution >= 0.6 is 11.3 Å². The molecule has 2 heterocycles. The third-order valence-electron chi connectivity index (χ3n) is 4.17. The molecule has 1 amide bonds. The zero-order valence-electron chi connectivity index (χ0n) is 14.7. The number of thiazole rings is 1. The van der Waals surface area contributed by atoms with Crippen molar-refractivity contribution in [2.45, 2.75) is 13.8 Å². The summed E-state index contributed by atoms with van der Waals surface area (Å²) < 4.78 is 13.8. The molecule has 0 fully saturated rings. The molecule has 0 aliphatic heterocycles. The van der Waals surface area contributed by atoms with E-state index in [0.717, 1.165) is 22.9 Å². The number of nitrogens with one attached hydrogen (secondary N) is 1. The van der Waals surface area contributed by atoms with E-state index in [-0.39, 0.29) is 5.56 Å². The molecule has 0 unspecified atom stereocenters. The van der Waals surface area contributed by atoms with Crippen molar-refractivity contribution >= 4 is 33.4 Å². The molecule has 0 saturated heterocycles. The number of benzene rings is 2. The first kappa shape index (κ1) is 17.2. The van der Waals surface area contributed by atoms with Crippen molar-refractivity contribution in [3.63, 3.8) is 0 Å². The van der Waals surface area contributed by atoms with E-state index in [1.807, 2.05) is 31.4 Å². The number of hydrogen-bond donors (Lipinski definition) is 1. The Hall–Kier alpha value is -3.19. The largest absolute Gasteiger partial charge is 0.298 e. The summed E-state index contributed by atoms with van der Waals surface area (Å²) in [4.78, 5) is 25.4. The summed E-state index contributed by atoms with van der Waals surface area (Å²) in [6, 6.07) is 8.54. The summed E-state index contributed by atoms with van der Waals surface area (Å²) in [5, 5.41) is 5.06. The van der Waals surface area contributed by atoms with Gasteiger partial charge < -0.3 is 0 Å². The van der Waals surface area contributed by atoms with Gasteiger partial charge in [0.1, 0.15) is 11.3 Å². The van der Waals surface area contributed by atoms with Crippen LogP contribution in [0.25, 0.3) is 22.3 Å². The van der Waals surface area contributed by atoms with E-state index in [1.54, 1.807) is 0 Å². The molecule has 2 aromatic carbocycles. The van der Waals surface area contributed by atoms with Gasteiger partial charge in [-0.2, -0.15) is 0 Å². The fraction of sp³-hybridized carbons (Fsp3) is 0.100. The van der Waals surface area contributed by atoms with Crippen molar-refractivity contribution in [1.29, 1.82) is 0 Å². The molecule has 7 heteroatoms. The van der Waals surface area contributed by atoms with Crippen molar-refractivity contribution in [1.82, 2.24) is 15.0 Å². The third kappa shape index (κ3) is 3.41. The van der Waals surface area contributed by atoms with Gasteiger partial charge in [0.25, 0.3) is 5.91 Å². The van der Waals surface area contributed by atoms with Crippen LogP contribution in [0.1, 0.15) is 21.5 Å². The lowest BCUT2D eigenvalue weighted by Crippen LogP contribution is -2.13. The van der Waals surface area contributed by atoms with E-state index in [4.69, 9.17) is 0 Å². The number of fused-ring (bicyclic) bond motifs is 1. The molecular weight excluding hydrogens is 363 g/mol. The summed E-state index contributed by atoms with van der Waals surface area (Å²) in [6.07, 6.45) is 2.93. The van der Waals surface area contributed by atoms with Crippen LogP contribution in [0, 0.1) is 19.7 Å². The minimum atomic E-state index is -0.539. The third-order valence-corrected chi connectivity index (χ3v) is 4.92. The molecule has 5 nitrogen and oxygen atoms in total. The average Bonchev–Trinajstić information content (AvgIpc) is 3.09. The molecule has 4 aromatic rings. The van der Waals surface area contributed by atoms with E-state index in [0.29, 0.717) is 16.2 Å². The molecule has 0 bridgehead atoms. The second kappa shape index (κ2) is 6.85. The standard InChI is InChI=1S/C20H15FN4OS/c1-11-3-4-14(12(2)7-11)17-10-27-20(24-17)25-19(26)15-8-13(21)9-16-18(15)23-6-5-22-16/h3-10H,1-2H3,(H,24,25,26). The molecule has 0 radical (unpaired) electrons. The van der Waals surface area contributed by atoms with Gasteiger partial charge in [-0.15, -0.1) is 11.3 Å². The van der Waals surface area contributed by atoms with E-state index in [1.165, 1.54) is 35.4 Å². The van der Waals surface area contributed by atoms with E-state index < -0.39 is 11.7 Å². The SMILES string of the molecule is Cc1ccc(-c2csc(NC(=O)c3cc(F)cc4nccnc34)n2)c(C)c1. The maximum atomic E-state index is 13.8. The lowest BCUT2D eigenvalue weighted by atomic mass is 10.0. The lowest BCUT2D eigenvalue weighted by molar-refractivity contribution is 0.102. The maximum Gasteiger partial charge on any atom is 0.259 e. The number of aromatic nitrogens is 3. The molecule has 4 rings (SSSR count). The molecule has 134 valence electrons. The molecule has 0 aliphatic rings. The fourth-order valence-electron chi connectivity index (χ4n) is 2.93. The number of hydrogen-bond acceptors (Lipinski definition) is 5. The number of nitrogens with zero attached hydrogens (tertiary/aromatic N) is 3. The quantitative estimate of drug-likeness (QED) is 0.558. The topological polar surface area (TPSA) is 67.8 Å². The Labute approximate surface area is 158 Å². The van der Waals surface area contributed by atoms with Crippen LogP contribution in [0.15, 0.2) is 48.1 Å². The first-order valence-corrected chi connectivity index (χ1v) is 9.14.